The van der Waals surface area contributed by atoms with Gasteiger partial charge in [-0.2, -0.15) is 0 Å². The van der Waals surface area contributed by atoms with E-state index in [0.29, 0.717) is 10.5 Å². The molecule has 0 bridgehead atoms. The lowest BCUT2D eigenvalue weighted by molar-refractivity contribution is 0.554. The van der Waals surface area contributed by atoms with Gasteiger partial charge in [0.1, 0.15) is 11.6 Å². The second-order valence-electron chi connectivity index (χ2n) is 4.68. The van der Waals surface area contributed by atoms with Crippen LogP contribution in [0.5, 0.6) is 0 Å². The Bertz CT molecular complexity index is 462. The first-order valence-corrected chi connectivity index (χ1v) is 7.05. The summed E-state index contributed by atoms with van der Waals surface area (Å²) < 4.78 is 27.5. The first-order chi connectivity index (χ1) is 9.06. The van der Waals surface area contributed by atoms with Gasteiger partial charge in [-0.1, -0.05) is 28.8 Å². The number of hydrogen-bond acceptors (Lipinski definition) is 1. The van der Waals surface area contributed by atoms with Gasteiger partial charge in [0.25, 0.3) is 0 Å². The van der Waals surface area contributed by atoms with Crippen molar-refractivity contribution in [3.05, 3.63) is 33.8 Å². The summed E-state index contributed by atoms with van der Waals surface area (Å²) in [5.41, 5.74) is 5.65. The van der Waals surface area contributed by atoms with Crippen LogP contribution in [0.1, 0.15) is 31.2 Å². The van der Waals surface area contributed by atoms with Gasteiger partial charge in [0, 0.05) is 16.1 Å². The van der Waals surface area contributed by atoms with Gasteiger partial charge in [-0.05, 0) is 25.0 Å². The van der Waals surface area contributed by atoms with Gasteiger partial charge in [0.15, 0.2) is 5.96 Å². The number of hydrogen-bond donors (Lipinski definition) is 2. The van der Waals surface area contributed by atoms with E-state index >= 15 is 0 Å². The zero-order valence-electron chi connectivity index (χ0n) is 10.4. The van der Waals surface area contributed by atoms with Crippen molar-refractivity contribution in [3.8, 4) is 0 Å². The number of rotatable bonds is 3. The van der Waals surface area contributed by atoms with Crippen LogP contribution in [0.3, 0.4) is 0 Å². The Morgan fingerprint density at radius 2 is 1.89 bits per heavy atom. The van der Waals surface area contributed by atoms with Crippen LogP contribution >= 0.6 is 15.9 Å². The molecule has 0 amide bonds. The predicted molar refractivity (Wildman–Crippen MR) is 74.8 cm³/mol. The number of nitrogens with one attached hydrogen (secondary N) is 1. The molecule has 0 heterocycles. The second-order valence-corrected chi connectivity index (χ2v) is 5.59. The molecule has 1 saturated carbocycles. The van der Waals surface area contributed by atoms with Crippen LogP contribution in [-0.4, -0.2) is 12.0 Å². The van der Waals surface area contributed by atoms with E-state index in [0.717, 1.165) is 12.8 Å². The maximum Gasteiger partial charge on any atom is 0.189 e. The van der Waals surface area contributed by atoms with Gasteiger partial charge in [-0.15, -0.1) is 0 Å². The molecule has 19 heavy (non-hydrogen) atoms. The molecule has 1 fully saturated rings. The average Bonchev–Trinajstić information content (AvgIpc) is 2.80. The smallest absolute Gasteiger partial charge is 0.189 e. The van der Waals surface area contributed by atoms with E-state index in [1.54, 1.807) is 0 Å². The Morgan fingerprint density at radius 1 is 1.32 bits per heavy atom. The predicted octanol–water partition coefficient (Wildman–Crippen LogP) is 3.07. The van der Waals surface area contributed by atoms with Crippen LogP contribution in [0.2, 0.25) is 0 Å². The number of halogens is 3. The van der Waals surface area contributed by atoms with Crippen LogP contribution in [0.15, 0.2) is 21.6 Å². The molecular weight excluding hydrogens is 316 g/mol. The molecule has 0 aromatic heterocycles. The molecular formula is C13H16BrF2N3. The molecule has 0 aliphatic heterocycles. The zero-order chi connectivity index (χ0) is 13.8. The summed E-state index contributed by atoms with van der Waals surface area (Å²) in [7, 11) is 0. The maximum atomic E-state index is 13.6. The first-order valence-electron chi connectivity index (χ1n) is 6.26. The van der Waals surface area contributed by atoms with E-state index in [2.05, 4.69) is 26.2 Å². The Hall–Kier alpha value is -1.17. The lowest BCUT2D eigenvalue weighted by Gasteiger charge is -2.12. The largest absolute Gasteiger partial charge is 0.370 e. The molecule has 0 radical (unpaired) electrons. The van der Waals surface area contributed by atoms with Crippen molar-refractivity contribution in [2.45, 2.75) is 38.3 Å². The average molecular weight is 332 g/mol. The van der Waals surface area contributed by atoms with Crippen molar-refractivity contribution >= 4 is 21.9 Å². The van der Waals surface area contributed by atoms with Crippen molar-refractivity contribution in [2.24, 2.45) is 10.7 Å². The van der Waals surface area contributed by atoms with E-state index in [1.165, 1.54) is 25.0 Å². The molecule has 1 aliphatic carbocycles. The van der Waals surface area contributed by atoms with E-state index in [4.69, 9.17) is 5.73 Å². The summed E-state index contributed by atoms with van der Waals surface area (Å²) >= 11 is 3.03. The van der Waals surface area contributed by atoms with Gasteiger partial charge in [0.2, 0.25) is 0 Å². The number of aliphatic imine (C=N–C) groups is 1. The number of nitrogens with two attached hydrogens (primary N) is 1. The summed E-state index contributed by atoms with van der Waals surface area (Å²) in [5, 5.41) is 3.07. The monoisotopic (exact) mass is 331 g/mol. The molecule has 0 spiro atoms. The zero-order valence-corrected chi connectivity index (χ0v) is 12.0. The third-order valence-electron chi connectivity index (χ3n) is 3.22. The van der Waals surface area contributed by atoms with Gasteiger partial charge >= 0.3 is 0 Å². The Morgan fingerprint density at radius 3 is 2.47 bits per heavy atom. The van der Waals surface area contributed by atoms with Crippen molar-refractivity contribution in [1.82, 2.24) is 5.32 Å². The minimum Gasteiger partial charge on any atom is -0.370 e. The molecule has 2 rings (SSSR count). The minimum absolute atomic E-state index is 0.0700. The third-order valence-corrected chi connectivity index (χ3v) is 3.68. The standard InChI is InChI=1S/C13H16BrF2N3/c14-8-5-11(15)10(12(16)6-8)7-18-13(17)19-9-3-1-2-4-9/h5-6,9H,1-4,7H2,(H3,17,18,19). The normalized spacial score (nSPS) is 16.9. The van der Waals surface area contributed by atoms with Gasteiger partial charge in [-0.25, -0.2) is 13.8 Å². The van der Waals surface area contributed by atoms with E-state index in [9.17, 15) is 8.78 Å². The Balaban J connectivity index is 2.00. The Kier molecular flexibility index (Phi) is 4.74. The van der Waals surface area contributed by atoms with Gasteiger partial charge in [0.05, 0.1) is 6.54 Å². The van der Waals surface area contributed by atoms with Crippen LogP contribution in [0, 0.1) is 11.6 Å². The molecule has 104 valence electrons. The fourth-order valence-corrected chi connectivity index (χ4v) is 2.61. The molecule has 1 aromatic carbocycles. The lowest BCUT2D eigenvalue weighted by atomic mass is 10.2. The van der Waals surface area contributed by atoms with Gasteiger partial charge in [-0.3, -0.25) is 0 Å². The van der Waals surface area contributed by atoms with Gasteiger partial charge < -0.3 is 11.1 Å². The van der Waals surface area contributed by atoms with E-state index in [-0.39, 0.29) is 18.1 Å². The van der Waals surface area contributed by atoms with E-state index in [1.807, 2.05) is 0 Å². The molecule has 3 N–H and O–H groups in total. The summed E-state index contributed by atoms with van der Waals surface area (Å²) in [6.45, 7) is -0.101. The lowest BCUT2D eigenvalue weighted by Crippen LogP contribution is -2.38. The first kappa shape index (κ1) is 14.2. The maximum absolute atomic E-state index is 13.6. The molecule has 0 saturated heterocycles. The second kappa shape index (κ2) is 6.32. The topological polar surface area (TPSA) is 50.4 Å². The van der Waals surface area contributed by atoms with Crippen molar-refractivity contribution < 1.29 is 8.78 Å². The summed E-state index contributed by atoms with van der Waals surface area (Å²) in [6, 6.07) is 2.77. The highest BCUT2D eigenvalue weighted by Crippen LogP contribution is 2.20. The van der Waals surface area contributed by atoms with Crippen LogP contribution < -0.4 is 11.1 Å². The molecule has 3 nitrogen and oxygen atoms in total. The fourth-order valence-electron chi connectivity index (χ4n) is 2.21. The molecule has 0 unspecified atom stereocenters. The van der Waals surface area contributed by atoms with Crippen LogP contribution in [0.4, 0.5) is 8.78 Å². The summed E-state index contributed by atoms with van der Waals surface area (Å²) in [4.78, 5) is 4.00. The Labute approximate surface area is 119 Å². The summed E-state index contributed by atoms with van der Waals surface area (Å²) in [6.07, 6.45) is 4.50. The van der Waals surface area contributed by atoms with Crippen LogP contribution in [-0.2, 0) is 6.54 Å². The van der Waals surface area contributed by atoms with Crippen LogP contribution in [0.25, 0.3) is 0 Å². The van der Waals surface area contributed by atoms with E-state index < -0.39 is 11.6 Å². The highest BCUT2D eigenvalue weighted by atomic mass is 79.9. The SMILES string of the molecule is NC(=NCc1c(F)cc(Br)cc1F)NC1CCCC1. The molecule has 0 atom stereocenters. The molecule has 1 aromatic rings. The molecule has 6 heteroatoms. The highest BCUT2D eigenvalue weighted by Gasteiger charge is 2.15. The number of benzene rings is 1. The highest BCUT2D eigenvalue weighted by molar-refractivity contribution is 9.10. The quantitative estimate of drug-likeness (QED) is 0.660. The minimum atomic E-state index is -0.621. The van der Waals surface area contributed by atoms with Crippen molar-refractivity contribution in [1.29, 1.82) is 0 Å². The van der Waals surface area contributed by atoms with Crippen molar-refractivity contribution in [3.63, 3.8) is 0 Å². The number of nitrogens with zero attached hydrogens (tertiary/aromatic N) is 1. The molecule has 1 aliphatic rings. The summed E-state index contributed by atoms with van der Waals surface area (Å²) in [5.74, 6) is -0.998. The third kappa shape index (κ3) is 3.89. The van der Waals surface area contributed by atoms with Crippen molar-refractivity contribution in [2.75, 3.05) is 0 Å². The number of guanidine groups is 1. The fraction of sp³-hybridized carbons (Fsp3) is 0.462.